The number of nitrogens with zero attached hydrogens (tertiary/aromatic N) is 1. The van der Waals surface area contributed by atoms with Crippen molar-refractivity contribution in [2.24, 2.45) is 0 Å². The Labute approximate surface area is 68.2 Å². The summed E-state index contributed by atoms with van der Waals surface area (Å²) in [6.45, 7) is 0.649. The quantitative estimate of drug-likeness (QED) is 0.673. The number of aromatic nitrogens is 1. The zero-order chi connectivity index (χ0) is 9.14. The van der Waals surface area contributed by atoms with E-state index in [-0.39, 0.29) is 16.8 Å². The van der Waals surface area contributed by atoms with E-state index >= 15 is 0 Å². The minimum absolute atomic E-state index is 0.0906. The van der Waals surface area contributed by atoms with Crippen LogP contribution in [0.15, 0.2) is 12.3 Å². The van der Waals surface area contributed by atoms with Crippen molar-refractivity contribution in [2.75, 3.05) is 0 Å². The predicted octanol–water partition coefficient (Wildman–Crippen LogP) is 2.80. The summed E-state index contributed by atoms with van der Waals surface area (Å²) in [4.78, 5) is 3.63. The van der Waals surface area contributed by atoms with Gasteiger partial charge in [-0.25, -0.2) is 13.2 Å². The molecule has 0 radical (unpaired) electrons. The molecule has 66 valence electrons. The lowest BCUT2D eigenvalue weighted by Gasteiger charge is -2.06. The van der Waals surface area contributed by atoms with Gasteiger partial charge in [-0.05, 0) is 18.6 Å². The monoisotopic (exact) mass is 175 g/mol. The van der Waals surface area contributed by atoms with Gasteiger partial charge in [-0.15, -0.1) is 0 Å². The van der Waals surface area contributed by atoms with Crippen LogP contribution in [0.1, 0.15) is 23.2 Å². The van der Waals surface area contributed by atoms with Crippen molar-refractivity contribution in [3.05, 3.63) is 29.1 Å². The van der Waals surface area contributed by atoms with Gasteiger partial charge >= 0.3 is 0 Å². The average Bonchev–Trinajstić information content (AvgIpc) is 2.04. The highest BCUT2D eigenvalue weighted by molar-refractivity contribution is 5.29. The Morgan fingerprint density at radius 2 is 2.17 bits per heavy atom. The molecule has 0 amide bonds. The van der Waals surface area contributed by atoms with Crippen LogP contribution in [-0.4, -0.2) is 4.98 Å². The molecule has 0 aliphatic rings. The normalized spacial score (nSPS) is 10.8. The van der Waals surface area contributed by atoms with E-state index in [0.717, 1.165) is 0 Å². The molecular formula is C8H8F3N. The van der Waals surface area contributed by atoms with Crippen molar-refractivity contribution < 1.29 is 13.2 Å². The first kappa shape index (κ1) is 9.03. The third kappa shape index (κ3) is 1.57. The topological polar surface area (TPSA) is 12.9 Å². The van der Waals surface area contributed by atoms with Gasteiger partial charge in [-0.1, -0.05) is 0 Å². The van der Waals surface area contributed by atoms with Crippen LogP contribution in [0, 0.1) is 6.92 Å². The highest BCUT2D eigenvalue weighted by Crippen LogP contribution is 2.23. The van der Waals surface area contributed by atoms with Crippen molar-refractivity contribution >= 4 is 0 Å². The first-order valence-corrected chi connectivity index (χ1v) is 3.45. The number of hydrogen-bond acceptors (Lipinski definition) is 1. The minimum Gasteiger partial charge on any atom is -0.258 e. The van der Waals surface area contributed by atoms with Crippen molar-refractivity contribution in [2.45, 2.75) is 20.0 Å². The van der Waals surface area contributed by atoms with Gasteiger partial charge in [-0.3, -0.25) is 4.98 Å². The van der Waals surface area contributed by atoms with E-state index in [9.17, 15) is 13.2 Å². The van der Waals surface area contributed by atoms with Crippen molar-refractivity contribution in [3.63, 3.8) is 0 Å². The minimum atomic E-state index is -2.56. The first-order valence-electron chi connectivity index (χ1n) is 3.45. The molecular weight excluding hydrogens is 167 g/mol. The smallest absolute Gasteiger partial charge is 0.258 e. The van der Waals surface area contributed by atoms with Crippen LogP contribution in [0.5, 0.6) is 0 Å². The molecule has 12 heavy (non-hydrogen) atoms. The molecule has 0 bridgehead atoms. The Hall–Kier alpha value is -1.06. The summed E-state index contributed by atoms with van der Waals surface area (Å²) >= 11 is 0. The highest BCUT2D eigenvalue weighted by Gasteiger charge is 2.12. The third-order valence-corrected chi connectivity index (χ3v) is 1.71. The van der Waals surface area contributed by atoms with Crippen LogP contribution in [0.2, 0.25) is 0 Å². The molecule has 1 rings (SSSR count). The van der Waals surface area contributed by atoms with Gasteiger partial charge in [0.1, 0.15) is 6.67 Å². The summed E-state index contributed by atoms with van der Waals surface area (Å²) in [5.41, 5.74) is 0.195. The van der Waals surface area contributed by atoms with Crippen LogP contribution >= 0.6 is 0 Å². The van der Waals surface area contributed by atoms with E-state index < -0.39 is 13.1 Å². The van der Waals surface area contributed by atoms with E-state index in [4.69, 9.17) is 0 Å². The Kier molecular flexibility index (Phi) is 2.68. The van der Waals surface area contributed by atoms with E-state index in [2.05, 4.69) is 4.98 Å². The Bertz CT molecular complexity index is 273. The first-order chi connectivity index (χ1) is 5.66. The summed E-state index contributed by atoms with van der Waals surface area (Å²) < 4.78 is 36.5. The summed E-state index contributed by atoms with van der Waals surface area (Å²) in [5.74, 6) is 0. The fourth-order valence-corrected chi connectivity index (χ4v) is 0.967. The van der Waals surface area contributed by atoms with Gasteiger partial charge in [-0.2, -0.15) is 0 Å². The zero-order valence-corrected chi connectivity index (χ0v) is 6.52. The Morgan fingerprint density at radius 3 is 2.67 bits per heavy atom. The van der Waals surface area contributed by atoms with Gasteiger partial charge in [0.25, 0.3) is 6.43 Å². The molecule has 0 saturated carbocycles. The molecule has 1 heterocycles. The van der Waals surface area contributed by atoms with Crippen molar-refractivity contribution in [3.8, 4) is 0 Å². The van der Waals surface area contributed by atoms with E-state index in [0.29, 0.717) is 0 Å². The maximum atomic E-state index is 12.2. The summed E-state index contributed by atoms with van der Waals surface area (Å²) in [6.07, 6.45) is -1.36. The number of hydrogen-bond donors (Lipinski definition) is 0. The number of halogens is 3. The molecule has 0 aliphatic heterocycles. The van der Waals surface area contributed by atoms with Crippen LogP contribution in [-0.2, 0) is 6.67 Å². The van der Waals surface area contributed by atoms with E-state index in [1.807, 2.05) is 0 Å². The van der Waals surface area contributed by atoms with Gasteiger partial charge < -0.3 is 0 Å². The largest absolute Gasteiger partial charge is 0.264 e. The highest BCUT2D eigenvalue weighted by atomic mass is 19.3. The van der Waals surface area contributed by atoms with Crippen LogP contribution in [0.25, 0.3) is 0 Å². The van der Waals surface area contributed by atoms with Crippen molar-refractivity contribution in [1.29, 1.82) is 0 Å². The second-order valence-corrected chi connectivity index (χ2v) is 2.41. The molecule has 0 spiro atoms. The maximum absolute atomic E-state index is 12.2. The van der Waals surface area contributed by atoms with Crippen LogP contribution in [0.4, 0.5) is 13.2 Å². The van der Waals surface area contributed by atoms with Gasteiger partial charge in [0, 0.05) is 11.8 Å². The molecule has 0 aromatic carbocycles. The maximum Gasteiger partial charge on any atom is 0.264 e. The summed E-state index contributed by atoms with van der Waals surface area (Å²) in [5, 5.41) is 0. The van der Waals surface area contributed by atoms with Gasteiger partial charge in [0.2, 0.25) is 0 Å². The second kappa shape index (κ2) is 3.56. The number of pyridine rings is 1. The molecule has 0 atom stereocenters. The standard InChI is InChI=1S/C8H8F3N/c1-5-6(8(10)11)2-3-12-7(5)4-9/h2-3,8H,4H2,1H3. The van der Waals surface area contributed by atoms with E-state index in [1.165, 1.54) is 19.2 Å². The second-order valence-electron chi connectivity index (χ2n) is 2.41. The number of rotatable bonds is 2. The van der Waals surface area contributed by atoms with Gasteiger partial charge in [0.15, 0.2) is 0 Å². The molecule has 0 unspecified atom stereocenters. The van der Waals surface area contributed by atoms with E-state index in [1.54, 1.807) is 0 Å². The lowest BCUT2D eigenvalue weighted by atomic mass is 10.1. The fraction of sp³-hybridized carbons (Fsp3) is 0.375. The van der Waals surface area contributed by atoms with Gasteiger partial charge in [0.05, 0.1) is 5.69 Å². The molecule has 4 heteroatoms. The fourth-order valence-electron chi connectivity index (χ4n) is 0.967. The zero-order valence-electron chi connectivity index (χ0n) is 6.52. The molecule has 1 aromatic rings. The molecule has 0 aliphatic carbocycles. The Morgan fingerprint density at radius 1 is 1.50 bits per heavy atom. The summed E-state index contributed by atoms with van der Waals surface area (Å²) in [6, 6.07) is 1.21. The molecule has 1 aromatic heterocycles. The van der Waals surface area contributed by atoms with Crippen molar-refractivity contribution in [1.82, 2.24) is 4.98 Å². The predicted molar refractivity (Wildman–Crippen MR) is 38.7 cm³/mol. The molecule has 1 nitrogen and oxygen atoms in total. The molecule has 0 fully saturated rings. The lowest BCUT2D eigenvalue weighted by Crippen LogP contribution is -1.97. The number of alkyl halides is 3. The summed E-state index contributed by atoms with van der Waals surface area (Å²) in [7, 11) is 0. The Balaban J connectivity index is 3.14. The molecule has 0 saturated heterocycles. The molecule has 0 N–H and O–H groups in total. The lowest BCUT2D eigenvalue weighted by molar-refractivity contribution is 0.150. The SMILES string of the molecule is Cc1c(C(F)F)ccnc1CF. The average molecular weight is 175 g/mol. The van der Waals surface area contributed by atoms with Crippen LogP contribution in [0.3, 0.4) is 0 Å². The van der Waals surface area contributed by atoms with Crippen LogP contribution < -0.4 is 0 Å². The third-order valence-electron chi connectivity index (χ3n) is 1.71.